The average molecular weight is 273 g/mol. The first kappa shape index (κ1) is 12.4. The Morgan fingerprint density at radius 2 is 2.11 bits per heavy atom. The number of carboxylic acids is 1. The van der Waals surface area contributed by atoms with Crippen LogP contribution in [-0.2, 0) is 24.3 Å². The molecule has 0 aliphatic carbocycles. The fourth-order valence-corrected chi connectivity index (χ4v) is 3.26. The van der Waals surface area contributed by atoms with Gasteiger partial charge in [-0.3, -0.25) is 9.69 Å². The van der Waals surface area contributed by atoms with Crippen molar-refractivity contribution in [1.82, 2.24) is 4.90 Å². The molecule has 0 spiro atoms. The van der Waals surface area contributed by atoms with Crippen molar-refractivity contribution in [3.05, 3.63) is 57.8 Å². The lowest BCUT2D eigenvalue weighted by molar-refractivity contribution is -0.144. The van der Waals surface area contributed by atoms with Crippen LogP contribution in [-0.4, -0.2) is 22.0 Å². The molecule has 0 amide bonds. The Morgan fingerprint density at radius 1 is 1.32 bits per heavy atom. The summed E-state index contributed by atoms with van der Waals surface area (Å²) >= 11 is 1.65. The fraction of sp³-hybridized carbons (Fsp3) is 0.267. The second-order valence-corrected chi connectivity index (χ2v) is 5.64. The van der Waals surface area contributed by atoms with Gasteiger partial charge in [0.1, 0.15) is 6.04 Å². The quantitative estimate of drug-likeness (QED) is 0.935. The van der Waals surface area contributed by atoms with Crippen molar-refractivity contribution in [1.29, 1.82) is 0 Å². The van der Waals surface area contributed by atoms with Crippen LogP contribution >= 0.6 is 11.3 Å². The Kier molecular flexibility index (Phi) is 3.36. The van der Waals surface area contributed by atoms with E-state index in [1.165, 1.54) is 11.1 Å². The van der Waals surface area contributed by atoms with Crippen LogP contribution in [0.4, 0.5) is 0 Å². The third-order valence-electron chi connectivity index (χ3n) is 3.60. The molecular formula is C15H15NO2S. The molecule has 1 N–H and O–H groups in total. The van der Waals surface area contributed by atoms with Crippen LogP contribution in [0.25, 0.3) is 0 Å². The molecule has 2 heterocycles. The molecule has 0 saturated carbocycles. The zero-order chi connectivity index (χ0) is 13.2. The molecule has 0 saturated heterocycles. The van der Waals surface area contributed by atoms with Crippen molar-refractivity contribution in [2.75, 3.05) is 0 Å². The Hall–Kier alpha value is -1.65. The zero-order valence-corrected chi connectivity index (χ0v) is 11.3. The highest BCUT2D eigenvalue weighted by Crippen LogP contribution is 2.25. The number of carboxylic acid groups (broad SMARTS) is 1. The first-order chi connectivity index (χ1) is 9.24. The molecule has 1 aromatic carbocycles. The van der Waals surface area contributed by atoms with Gasteiger partial charge in [0.25, 0.3) is 0 Å². The van der Waals surface area contributed by atoms with E-state index in [4.69, 9.17) is 0 Å². The van der Waals surface area contributed by atoms with Crippen LogP contribution in [0.15, 0.2) is 41.1 Å². The minimum Gasteiger partial charge on any atom is -0.480 e. The molecule has 3 rings (SSSR count). The van der Waals surface area contributed by atoms with E-state index in [-0.39, 0.29) is 0 Å². The number of rotatable bonds is 3. The van der Waals surface area contributed by atoms with Gasteiger partial charge < -0.3 is 5.11 Å². The highest BCUT2D eigenvalue weighted by molar-refractivity contribution is 7.07. The van der Waals surface area contributed by atoms with Crippen LogP contribution in [0, 0.1) is 0 Å². The molecule has 1 aromatic heterocycles. The molecule has 19 heavy (non-hydrogen) atoms. The smallest absolute Gasteiger partial charge is 0.321 e. The van der Waals surface area contributed by atoms with Crippen molar-refractivity contribution in [3.63, 3.8) is 0 Å². The molecule has 0 fully saturated rings. The van der Waals surface area contributed by atoms with Gasteiger partial charge in [0, 0.05) is 13.1 Å². The topological polar surface area (TPSA) is 40.5 Å². The van der Waals surface area contributed by atoms with Crippen LogP contribution in [0.1, 0.15) is 16.7 Å². The zero-order valence-electron chi connectivity index (χ0n) is 10.5. The van der Waals surface area contributed by atoms with E-state index in [0.29, 0.717) is 19.5 Å². The van der Waals surface area contributed by atoms with Crippen LogP contribution in [0.3, 0.4) is 0 Å². The summed E-state index contributed by atoms with van der Waals surface area (Å²) in [5.41, 5.74) is 3.60. The van der Waals surface area contributed by atoms with E-state index in [2.05, 4.69) is 17.5 Å². The van der Waals surface area contributed by atoms with Crippen LogP contribution in [0.2, 0.25) is 0 Å². The van der Waals surface area contributed by atoms with Crippen molar-refractivity contribution >= 4 is 17.3 Å². The molecule has 1 aliphatic rings. The molecule has 1 aliphatic heterocycles. The molecule has 0 radical (unpaired) electrons. The van der Waals surface area contributed by atoms with Crippen molar-refractivity contribution in [2.24, 2.45) is 0 Å². The molecule has 2 aromatic rings. The fourth-order valence-electron chi connectivity index (χ4n) is 2.60. The third-order valence-corrected chi connectivity index (χ3v) is 4.33. The lowest BCUT2D eigenvalue weighted by Crippen LogP contribution is -2.44. The summed E-state index contributed by atoms with van der Waals surface area (Å²) in [5.74, 6) is -0.732. The normalized spacial score (nSPS) is 19.1. The van der Waals surface area contributed by atoms with Gasteiger partial charge in [0.15, 0.2) is 0 Å². The average Bonchev–Trinajstić information content (AvgIpc) is 2.90. The lowest BCUT2D eigenvalue weighted by Gasteiger charge is -2.34. The van der Waals surface area contributed by atoms with E-state index < -0.39 is 12.0 Å². The number of fused-ring (bicyclic) bond motifs is 1. The summed E-state index contributed by atoms with van der Waals surface area (Å²) in [6.07, 6.45) is 0.593. The van der Waals surface area contributed by atoms with Crippen LogP contribution in [0.5, 0.6) is 0 Å². The minimum atomic E-state index is -0.732. The lowest BCUT2D eigenvalue weighted by atomic mass is 9.94. The number of benzene rings is 1. The first-order valence-electron chi connectivity index (χ1n) is 6.29. The number of nitrogens with zero attached hydrogens (tertiary/aromatic N) is 1. The molecule has 0 bridgehead atoms. The van der Waals surface area contributed by atoms with Crippen molar-refractivity contribution in [3.8, 4) is 0 Å². The Bertz CT molecular complexity index is 580. The first-order valence-corrected chi connectivity index (χ1v) is 7.23. The summed E-state index contributed by atoms with van der Waals surface area (Å²) in [4.78, 5) is 13.5. The van der Waals surface area contributed by atoms with E-state index in [0.717, 1.165) is 5.56 Å². The van der Waals surface area contributed by atoms with Gasteiger partial charge in [-0.1, -0.05) is 24.3 Å². The molecule has 98 valence electrons. The molecule has 3 nitrogen and oxygen atoms in total. The van der Waals surface area contributed by atoms with Crippen molar-refractivity contribution < 1.29 is 9.90 Å². The molecular weight excluding hydrogens is 258 g/mol. The van der Waals surface area contributed by atoms with Gasteiger partial charge in [-0.2, -0.15) is 11.3 Å². The maximum Gasteiger partial charge on any atom is 0.321 e. The van der Waals surface area contributed by atoms with Crippen LogP contribution < -0.4 is 0 Å². The van der Waals surface area contributed by atoms with Gasteiger partial charge in [-0.05, 0) is 39.9 Å². The Labute approximate surface area is 116 Å². The number of hydrogen-bond donors (Lipinski definition) is 1. The Morgan fingerprint density at radius 3 is 2.79 bits per heavy atom. The minimum absolute atomic E-state index is 0.421. The number of aliphatic carboxylic acids is 1. The summed E-state index contributed by atoms with van der Waals surface area (Å²) in [6.45, 7) is 1.41. The third kappa shape index (κ3) is 2.55. The summed E-state index contributed by atoms with van der Waals surface area (Å²) in [5, 5.41) is 13.5. The predicted octanol–water partition coefficient (Wildman–Crippen LogP) is 2.76. The van der Waals surface area contributed by atoms with E-state index in [9.17, 15) is 9.90 Å². The standard InChI is InChI=1S/C15H15NO2S/c17-15(18)14-7-12-3-1-2-4-13(12)9-16(14)8-11-5-6-19-10-11/h1-6,10,14H,7-9H2,(H,17,18)/t14-/m0/s1. The Balaban J connectivity index is 1.87. The van der Waals surface area contributed by atoms with Gasteiger partial charge in [-0.15, -0.1) is 0 Å². The largest absolute Gasteiger partial charge is 0.480 e. The maximum atomic E-state index is 11.5. The number of thiophene rings is 1. The maximum absolute atomic E-state index is 11.5. The highest BCUT2D eigenvalue weighted by atomic mass is 32.1. The monoisotopic (exact) mass is 273 g/mol. The van der Waals surface area contributed by atoms with E-state index in [1.807, 2.05) is 28.5 Å². The summed E-state index contributed by atoms with van der Waals surface area (Å²) in [7, 11) is 0. The van der Waals surface area contributed by atoms with Gasteiger partial charge in [-0.25, -0.2) is 0 Å². The number of hydrogen-bond acceptors (Lipinski definition) is 3. The predicted molar refractivity (Wildman–Crippen MR) is 75.1 cm³/mol. The van der Waals surface area contributed by atoms with Gasteiger partial charge in [0.2, 0.25) is 0 Å². The molecule has 0 unspecified atom stereocenters. The van der Waals surface area contributed by atoms with Crippen molar-refractivity contribution in [2.45, 2.75) is 25.6 Å². The van der Waals surface area contributed by atoms with Gasteiger partial charge >= 0.3 is 5.97 Å². The number of carbonyl (C=O) groups is 1. The van der Waals surface area contributed by atoms with E-state index in [1.54, 1.807) is 11.3 Å². The molecule has 1 atom stereocenters. The molecule has 4 heteroatoms. The second-order valence-electron chi connectivity index (χ2n) is 4.86. The highest BCUT2D eigenvalue weighted by Gasteiger charge is 2.31. The SMILES string of the molecule is O=C(O)[C@@H]1Cc2ccccc2CN1Cc1ccsc1. The second kappa shape index (κ2) is 5.15. The van der Waals surface area contributed by atoms with Gasteiger partial charge in [0.05, 0.1) is 0 Å². The summed E-state index contributed by atoms with van der Waals surface area (Å²) < 4.78 is 0. The van der Waals surface area contributed by atoms with E-state index >= 15 is 0 Å². The summed E-state index contributed by atoms with van der Waals surface area (Å²) in [6, 6.07) is 9.76.